The highest BCUT2D eigenvalue weighted by Gasteiger charge is 2.42. The lowest BCUT2D eigenvalue weighted by Gasteiger charge is -2.34. The Hall–Kier alpha value is -3.07. The standard InChI is InChI=1S/C24H27N7OS/c1-3-19(31-13-17(12-28-31)21-18-6-9-25-22(18)27-15-26-21)24(2)8-10-30(14-24)20-5-4-16-7-11-33(32)23(16)29-20/h4-6,9,12-13,15,19H,3,7-8,10-11,14H2,1-2H3,(H,25,26,27). The van der Waals surface area contributed by atoms with Gasteiger partial charge in [0.2, 0.25) is 0 Å². The molecule has 0 bridgehead atoms. The average Bonchev–Trinajstić information content (AvgIpc) is 3.61. The van der Waals surface area contributed by atoms with Crippen molar-refractivity contribution >= 4 is 27.7 Å². The molecular formula is C24H27N7OS. The van der Waals surface area contributed by atoms with Crippen molar-refractivity contribution in [1.82, 2.24) is 29.7 Å². The minimum atomic E-state index is -0.955. The van der Waals surface area contributed by atoms with E-state index in [9.17, 15) is 4.21 Å². The van der Waals surface area contributed by atoms with Crippen molar-refractivity contribution in [3.8, 4) is 11.3 Å². The number of aromatic amines is 1. The zero-order chi connectivity index (χ0) is 22.6. The second-order valence-electron chi connectivity index (χ2n) is 9.35. The third-order valence-corrected chi connectivity index (χ3v) is 8.62. The van der Waals surface area contributed by atoms with Crippen LogP contribution in [0.2, 0.25) is 0 Å². The zero-order valence-electron chi connectivity index (χ0n) is 18.9. The summed E-state index contributed by atoms with van der Waals surface area (Å²) in [7, 11) is -0.955. The molecule has 3 atom stereocenters. The van der Waals surface area contributed by atoms with Crippen LogP contribution in [0.3, 0.4) is 0 Å². The summed E-state index contributed by atoms with van der Waals surface area (Å²) >= 11 is 0. The number of pyridine rings is 1. The number of fused-ring (bicyclic) bond motifs is 2. The van der Waals surface area contributed by atoms with Gasteiger partial charge in [0.05, 0.1) is 28.7 Å². The van der Waals surface area contributed by atoms with Crippen LogP contribution in [0.1, 0.15) is 38.3 Å². The first-order valence-corrected chi connectivity index (χ1v) is 12.8. The molecule has 9 heteroatoms. The summed E-state index contributed by atoms with van der Waals surface area (Å²) in [4.78, 5) is 19.1. The number of rotatable bonds is 5. The molecule has 1 N–H and O–H groups in total. The Balaban J connectivity index is 1.27. The van der Waals surface area contributed by atoms with Gasteiger partial charge in [0.15, 0.2) is 0 Å². The molecule has 8 nitrogen and oxygen atoms in total. The Morgan fingerprint density at radius 3 is 3.06 bits per heavy atom. The number of hydrogen-bond acceptors (Lipinski definition) is 6. The molecule has 0 saturated carbocycles. The van der Waals surface area contributed by atoms with Crippen molar-refractivity contribution in [2.75, 3.05) is 23.7 Å². The first kappa shape index (κ1) is 20.5. The topological polar surface area (TPSA) is 92.6 Å². The molecule has 170 valence electrons. The minimum Gasteiger partial charge on any atom is -0.356 e. The van der Waals surface area contributed by atoms with Gasteiger partial charge in [-0.2, -0.15) is 5.10 Å². The number of aromatic nitrogens is 6. The van der Waals surface area contributed by atoms with Gasteiger partial charge in [-0.05, 0) is 37.0 Å². The summed E-state index contributed by atoms with van der Waals surface area (Å²) < 4.78 is 14.4. The van der Waals surface area contributed by atoms with E-state index in [-0.39, 0.29) is 11.5 Å². The highest BCUT2D eigenvalue weighted by Crippen LogP contribution is 2.44. The lowest BCUT2D eigenvalue weighted by molar-refractivity contribution is 0.196. The van der Waals surface area contributed by atoms with Gasteiger partial charge >= 0.3 is 0 Å². The first-order chi connectivity index (χ1) is 16.1. The third kappa shape index (κ3) is 3.37. The van der Waals surface area contributed by atoms with Crippen LogP contribution in [0.4, 0.5) is 5.82 Å². The van der Waals surface area contributed by atoms with Gasteiger partial charge < -0.3 is 9.88 Å². The number of hydrogen-bond donors (Lipinski definition) is 1. The molecule has 1 saturated heterocycles. The summed E-state index contributed by atoms with van der Waals surface area (Å²) in [6.45, 7) is 6.42. The molecule has 4 aromatic rings. The van der Waals surface area contributed by atoms with Crippen LogP contribution >= 0.6 is 0 Å². The summed E-state index contributed by atoms with van der Waals surface area (Å²) in [6, 6.07) is 6.46. The van der Waals surface area contributed by atoms with Gasteiger partial charge in [-0.15, -0.1) is 0 Å². The van der Waals surface area contributed by atoms with Crippen molar-refractivity contribution in [2.45, 2.75) is 44.2 Å². The van der Waals surface area contributed by atoms with Crippen LogP contribution in [-0.4, -0.2) is 52.8 Å². The van der Waals surface area contributed by atoms with E-state index in [1.54, 1.807) is 6.33 Å². The van der Waals surface area contributed by atoms with Gasteiger partial charge in [0.1, 0.15) is 22.8 Å². The SMILES string of the molecule is CCC(n1cc(-c2ncnc3[nH]ccc23)cn1)C1(C)CCN(c2ccc3c(n2)S(=O)CC3)C1. The Labute approximate surface area is 194 Å². The second kappa shape index (κ2) is 7.76. The third-order valence-electron chi connectivity index (χ3n) is 7.27. The predicted octanol–water partition coefficient (Wildman–Crippen LogP) is 3.75. The minimum absolute atomic E-state index is 0.0486. The molecule has 1 fully saturated rings. The largest absolute Gasteiger partial charge is 0.356 e. The molecule has 0 amide bonds. The van der Waals surface area contributed by atoms with E-state index in [0.717, 1.165) is 71.1 Å². The highest BCUT2D eigenvalue weighted by atomic mass is 32.2. The lowest BCUT2D eigenvalue weighted by atomic mass is 9.80. The lowest BCUT2D eigenvalue weighted by Crippen LogP contribution is -2.33. The second-order valence-corrected chi connectivity index (χ2v) is 10.8. The fraction of sp³-hybridized carbons (Fsp3) is 0.417. The molecular weight excluding hydrogens is 434 g/mol. The van der Waals surface area contributed by atoms with E-state index in [4.69, 9.17) is 10.1 Å². The van der Waals surface area contributed by atoms with E-state index in [2.05, 4.69) is 56.7 Å². The average molecular weight is 462 g/mol. The van der Waals surface area contributed by atoms with E-state index in [1.165, 1.54) is 0 Å². The molecule has 33 heavy (non-hydrogen) atoms. The summed E-state index contributed by atoms with van der Waals surface area (Å²) in [6.07, 6.45) is 10.4. The van der Waals surface area contributed by atoms with Gasteiger partial charge in [-0.25, -0.2) is 15.0 Å². The van der Waals surface area contributed by atoms with E-state index < -0.39 is 10.8 Å². The van der Waals surface area contributed by atoms with Crippen LogP contribution < -0.4 is 4.90 Å². The maximum atomic E-state index is 12.3. The van der Waals surface area contributed by atoms with Gasteiger partial charge in [0, 0.05) is 47.6 Å². The Morgan fingerprint density at radius 1 is 1.27 bits per heavy atom. The quantitative estimate of drug-likeness (QED) is 0.487. The van der Waals surface area contributed by atoms with Crippen LogP contribution in [0.5, 0.6) is 0 Å². The van der Waals surface area contributed by atoms with Gasteiger partial charge in [0.25, 0.3) is 0 Å². The fourth-order valence-corrected chi connectivity index (χ4v) is 6.76. The van der Waals surface area contributed by atoms with E-state index in [0.29, 0.717) is 5.75 Å². The van der Waals surface area contributed by atoms with Crippen molar-refractivity contribution in [3.05, 3.63) is 48.7 Å². The number of nitrogens with one attached hydrogen (secondary N) is 1. The maximum Gasteiger partial charge on any atom is 0.141 e. The van der Waals surface area contributed by atoms with Crippen LogP contribution in [0.25, 0.3) is 22.3 Å². The number of H-pyrrole nitrogens is 1. The fourth-order valence-electron chi connectivity index (χ4n) is 5.51. The normalized spacial score (nSPS) is 23.3. The van der Waals surface area contributed by atoms with Crippen LogP contribution in [-0.2, 0) is 17.2 Å². The highest BCUT2D eigenvalue weighted by molar-refractivity contribution is 7.85. The molecule has 6 heterocycles. The van der Waals surface area contributed by atoms with Crippen molar-refractivity contribution in [1.29, 1.82) is 0 Å². The Bertz CT molecular complexity index is 1360. The van der Waals surface area contributed by atoms with Crippen LogP contribution in [0, 0.1) is 5.41 Å². The van der Waals surface area contributed by atoms with Crippen molar-refractivity contribution < 1.29 is 4.21 Å². The summed E-state index contributed by atoms with van der Waals surface area (Å²) in [5, 5.41) is 6.56. The number of nitrogens with zero attached hydrogens (tertiary/aromatic N) is 6. The molecule has 6 rings (SSSR count). The Morgan fingerprint density at radius 2 is 2.18 bits per heavy atom. The molecule has 4 aromatic heterocycles. The Kier molecular flexibility index (Phi) is 4.83. The molecule has 2 aliphatic heterocycles. The predicted molar refractivity (Wildman–Crippen MR) is 129 cm³/mol. The smallest absolute Gasteiger partial charge is 0.141 e. The summed E-state index contributed by atoms with van der Waals surface area (Å²) in [5.74, 6) is 1.64. The number of aryl methyl sites for hydroxylation is 1. The molecule has 0 aliphatic carbocycles. The molecule has 3 unspecified atom stereocenters. The monoisotopic (exact) mass is 461 g/mol. The first-order valence-electron chi connectivity index (χ1n) is 11.5. The van der Waals surface area contributed by atoms with Crippen molar-refractivity contribution in [2.24, 2.45) is 5.41 Å². The van der Waals surface area contributed by atoms with Crippen molar-refractivity contribution in [3.63, 3.8) is 0 Å². The van der Waals surface area contributed by atoms with E-state index in [1.807, 2.05) is 18.5 Å². The molecule has 0 aromatic carbocycles. The van der Waals surface area contributed by atoms with Gasteiger partial charge in [-0.1, -0.05) is 19.9 Å². The summed E-state index contributed by atoms with van der Waals surface area (Å²) in [5.41, 5.74) is 3.92. The molecule has 0 radical (unpaired) electrons. The van der Waals surface area contributed by atoms with Crippen LogP contribution in [0.15, 0.2) is 48.1 Å². The molecule has 2 aliphatic rings. The molecule has 0 spiro atoms. The zero-order valence-corrected chi connectivity index (χ0v) is 19.7. The van der Waals surface area contributed by atoms with Gasteiger partial charge in [-0.3, -0.25) is 8.89 Å². The van der Waals surface area contributed by atoms with E-state index >= 15 is 0 Å². The number of anilines is 1. The maximum absolute atomic E-state index is 12.3.